The Kier molecular flexibility index (Phi) is 4.58. The fraction of sp³-hybridized carbons (Fsp3) is 0.273. The topological polar surface area (TPSA) is 89.3 Å². The standard InChI is InChI=1S/C11H11FN2O4S/c1-3-4-5-13-19(17,18)11-7-10(14(15)16)9(12)6-8(11)2/h1,6-7,13H,4-5H2,2H3. The SMILES string of the molecule is C#CCCNS(=O)(=O)c1cc([N+](=O)[O-])c(F)cc1C. The van der Waals surface area contributed by atoms with Gasteiger partial charge in [-0.3, -0.25) is 10.1 Å². The highest BCUT2D eigenvalue weighted by atomic mass is 32.2. The van der Waals surface area contributed by atoms with Crippen molar-refractivity contribution in [1.29, 1.82) is 0 Å². The van der Waals surface area contributed by atoms with Crippen LogP contribution >= 0.6 is 0 Å². The number of rotatable bonds is 5. The molecule has 0 aliphatic rings. The van der Waals surface area contributed by atoms with Crippen LogP contribution in [0.15, 0.2) is 17.0 Å². The molecular weight excluding hydrogens is 275 g/mol. The van der Waals surface area contributed by atoms with E-state index in [-0.39, 0.29) is 23.4 Å². The van der Waals surface area contributed by atoms with Gasteiger partial charge in [0.25, 0.3) is 0 Å². The van der Waals surface area contributed by atoms with Gasteiger partial charge in [-0.15, -0.1) is 12.3 Å². The first-order valence-corrected chi connectivity index (χ1v) is 6.65. The van der Waals surface area contributed by atoms with E-state index in [0.717, 1.165) is 6.07 Å². The molecule has 1 N–H and O–H groups in total. The van der Waals surface area contributed by atoms with Crippen LogP contribution in [0.25, 0.3) is 0 Å². The number of halogens is 1. The minimum Gasteiger partial charge on any atom is -0.258 e. The van der Waals surface area contributed by atoms with E-state index >= 15 is 0 Å². The Morgan fingerprint density at radius 1 is 1.53 bits per heavy atom. The minimum absolute atomic E-state index is 0.00342. The summed E-state index contributed by atoms with van der Waals surface area (Å²) in [5.74, 6) is 1.17. The zero-order valence-corrected chi connectivity index (χ0v) is 10.8. The normalized spacial score (nSPS) is 11.0. The second-order valence-corrected chi connectivity index (χ2v) is 5.41. The smallest absolute Gasteiger partial charge is 0.258 e. The van der Waals surface area contributed by atoms with Crippen LogP contribution in [0.1, 0.15) is 12.0 Å². The van der Waals surface area contributed by atoms with E-state index in [2.05, 4.69) is 10.6 Å². The summed E-state index contributed by atoms with van der Waals surface area (Å²) in [6.07, 6.45) is 5.17. The summed E-state index contributed by atoms with van der Waals surface area (Å²) in [6, 6.07) is 1.51. The number of nitro groups is 1. The van der Waals surface area contributed by atoms with Gasteiger partial charge in [0.15, 0.2) is 0 Å². The van der Waals surface area contributed by atoms with Crippen LogP contribution in [0.3, 0.4) is 0 Å². The van der Waals surface area contributed by atoms with Gasteiger partial charge >= 0.3 is 5.69 Å². The molecule has 0 spiro atoms. The predicted octanol–water partition coefficient (Wildman–Crippen LogP) is 1.34. The molecule has 19 heavy (non-hydrogen) atoms. The van der Waals surface area contributed by atoms with Crippen LogP contribution in [0.5, 0.6) is 0 Å². The number of terminal acetylenes is 1. The highest BCUT2D eigenvalue weighted by molar-refractivity contribution is 7.89. The third-order valence-corrected chi connectivity index (χ3v) is 3.90. The van der Waals surface area contributed by atoms with E-state index in [9.17, 15) is 22.9 Å². The molecule has 0 aliphatic carbocycles. The molecule has 0 aliphatic heterocycles. The average molecular weight is 286 g/mol. The van der Waals surface area contributed by atoms with E-state index in [0.29, 0.717) is 6.07 Å². The zero-order valence-electron chi connectivity index (χ0n) is 10.0. The van der Waals surface area contributed by atoms with Gasteiger partial charge in [0.1, 0.15) is 0 Å². The van der Waals surface area contributed by atoms with E-state index in [1.165, 1.54) is 6.92 Å². The molecule has 102 valence electrons. The van der Waals surface area contributed by atoms with Gasteiger partial charge in [0, 0.05) is 19.0 Å². The fourth-order valence-corrected chi connectivity index (χ4v) is 2.68. The number of benzene rings is 1. The molecular formula is C11H11FN2O4S. The molecule has 6 nitrogen and oxygen atoms in total. The Labute approximate surface area is 109 Å². The lowest BCUT2D eigenvalue weighted by atomic mass is 10.2. The first-order valence-electron chi connectivity index (χ1n) is 5.17. The van der Waals surface area contributed by atoms with E-state index < -0.39 is 26.5 Å². The molecule has 0 unspecified atom stereocenters. The van der Waals surface area contributed by atoms with Crippen LogP contribution in [0.2, 0.25) is 0 Å². The molecule has 0 bridgehead atoms. The predicted molar refractivity (Wildman–Crippen MR) is 66.4 cm³/mol. The minimum atomic E-state index is -3.95. The Hall–Kier alpha value is -1.98. The van der Waals surface area contributed by atoms with Gasteiger partial charge in [-0.25, -0.2) is 13.1 Å². The molecule has 8 heteroatoms. The van der Waals surface area contributed by atoms with Crippen molar-refractivity contribution < 1.29 is 17.7 Å². The number of aryl methyl sites for hydroxylation is 1. The number of hydrogen-bond donors (Lipinski definition) is 1. The molecule has 1 aromatic carbocycles. The second-order valence-electron chi connectivity index (χ2n) is 3.68. The van der Waals surface area contributed by atoms with Gasteiger partial charge in [0.2, 0.25) is 15.8 Å². The lowest BCUT2D eigenvalue weighted by Crippen LogP contribution is -2.25. The highest BCUT2D eigenvalue weighted by Gasteiger charge is 2.23. The molecule has 0 radical (unpaired) electrons. The van der Waals surface area contributed by atoms with Crippen molar-refractivity contribution in [3.63, 3.8) is 0 Å². The molecule has 0 aromatic heterocycles. The van der Waals surface area contributed by atoms with Crippen molar-refractivity contribution in [3.8, 4) is 12.3 Å². The average Bonchev–Trinajstić information content (AvgIpc) is 2.28. The maximum atomic E-state index is 13.3. The van der Waals surface area contributed by atoms with Crippen molar-refractivity contribution in [2.24, 2.45) is 0 Å². The lowest BCUT2D eigenvalue weighted by molar-refractivity contribution is -0.387. The quantitative estimate of drug-likeness (QED) is 0.383. The second kappa shape index (κ2) is 5.77. The molecule has 0 atom stereocenters. The van der Waals surface area contributed by atoms with Crippen molar-refractivity contribution in [3.05, 3.63) is 33.6 Å². The summed E-state index contributed by atoms with van der Waals surface area (Å²) in [4.78, 5) is 9.28. The Bertz CT molecular complexity index is 649. The number of nitro benzene ring substituents is 1. The Morgan fingerprint density at radius 2 is 2.16 bits per heavy atom. The number of sulfonamides is 1. The van der Waals surface area contributed by atoms with Gasteiger partial charge < -0.3 is 0 Å². The summed E-state index contributed by atoms with van der Waals surface area (Å²) < 4.78 is 39.3. The molecule has 1 aromatic rings. The van der Waals surface area contributed by atoms with Crippen molar-refractivity contribution in [2.75, 3.05) is 6.54 Å². The Balaban J connectivity index is 3.24. The largest absolute Gasteiger partial charge is 0.306 e. The molecule has 0 saturated carbocycles. The summed E-state index contributed by atoms with van der Waals surface area (Å²) in [5, 5.41) is 10.6. The van der Waals surface area contributed by atoms with Gasteiger partial charge in [-0.2, -0.15) is 4.39 Å². The van der Waals surface area contributed by atoms with E-state index in [4.69, 9.17) is 6.42 Å². The summed E-state index contributed by atoms with van der Waals surface area (Å²) in [6.45, 7) is 1.35. The molecule has 0 saturated heterocycles. The maximum absolute atomic E-state index is 13.3. The number of nitrogens with zero attached hydrogens (tertiary/aromatic N) is 1. The van der Waals surface area contributed by atoms with Crippen molar-refractivity contribution >= 4 is 15.7 Å². The monoisotopic (exact) mass is 286 g/mol. The molecule has 0 amide bonds. The van der Waals surface area contributed by atoms with Crippen LogP contribution in [0.4, 0.5) is 10.1 Å². The number of nitrogens with one attached hydrogen (secondary N) is 1. The Morgan fingerprint density at radius 3 is 2.68 bits per heavy atom. The zero-order chi connectivity index (χ0) is 14.6. The third-order valence-electron chi connectivity index (χ3n) is 2.29. The highest BCUT2D eigenvalue weighted by Crippen LogP contribution is 2.25. The first kappa shape index (κ1) is 15.1. The molecule has 0 fully saturated rings. The van der Waals surface area contributed by atoms with Crippen molar-refractivity contribution in [2.45, 2.75) is 18.2 Å². The molecule has 1 rings (SSSR count). The van der Waals surface area contributed by atoms with Crippen LogP contribution in [-0.4, -0.2) is 19.9 Å². The van der Waals surface area contributed by atoms with Crippen LogP contribution in [0, 0.1) is 35.2 Å². The fourth-order valence-electron chi connectivity index (χ4n) is 1.41. The van der Waals surface area contributed by atoms with Gasteiger partial charge in [0.05, 0.1) is 9.82 Å². The van der Waals surface area contributed by atoms with Gasteiger partial charge in [-0.05, 0) is 18.6 Å². The van der Waals surface area contributed by atoms with E-state index in [1.54, 1.807) is 0 Å². The third kappa shape index (κ3) is 3.49. The van der Waals surface area contributed by atoms with Crippen molar-refractivity contribution in [1.82, 2.24) is 4.72 Å². The summed E-state index contributed by atoms with van der Waals surface area (Å²) in [5.41, 5.74) is -0.806. The molecule has 0 heterocycles. The van der Waals surface area contributed by atoms with E-state index in [1.807, 2.05) is 0 Å². The summed E-state index contributed by atoms with van der Waals surface area (Å²) in [7, 11) is -3.95. The lowest BCUT2D eigenvalue weighted by Gasteiger charge is -2.08. The van der Waals surface area contributed by atoms with Crippen LogP contribution < -0.4 is 4.72 Å². The van der Waals surface area contributed by atoms with Gasteiger partial charge in [-0.1, -0.05) is 0 Å². The maximum Gasteiger partial charge on any atom is 0.306 e. The number of hydrogen-bond acceptors (Lipinski definition) is 4. The van der Waals surface area contributed by atoms with Crippen LogP contribution in [-0.2, 0) is 10.0 Å². The summed E-state index contributed by atoms with van der Waals surface area (Å²) >= 11 is 0. The first-order chi connectivity index (χ1) is 8.79.